The van der Waals surface area contributed by atoms with Crippen molar-refractivity contribution in [2.75, 3.05) is 0 Å². The van der Waals surface area contributed by atoms with Gasteiger partial charge in [-0.15, -0.1) is 0 Å². The van der Waals surface area contributed by atoms with Crippen molar-refractivity contribution < 1.29 is 39.1 Å². The number of allylic oxidation sites excluding steroid dienone is 3. The highest BCUT2D eigenvalue weighted by Gasteiger charge is 2.44. The van der Waals surface area contributed by atoms with E-state index < -0.39 is 35.9 Å². The first kappa shape index (κ1) is 31.2. The van der Waals surface area contributed by atoms with Crippen LogP contribution in [-0.4, -0.2) is 69.5 Å². The van der Waals surface area contributed by atoms with Crippen LogP contribution in [0.2, 0.25) is 0 Å². The predicted molar refractivity (Wildman–Crippen MR) is 140 cm³/mol. The van der Waals surface area contributed by atoms with Gasteiger partial charge in [-0.2, -0.15) is 0 Å². The summed E-state index contributed by atoms with van der Waals surface area (Å²) in [5.41, 5.74) is -0.574. The first-order valence-corrected chi connectivity index (χ1v) is 13.5. The van der Waals surface area contributed by atoms with Gasteiger partial charge in [0.1, 0.15) is 17.8 Å². The maximum absolute atomic E-state index is 12.5. The minimum atomic E-state index is -1.40. The van der Waals surface area contributed by atoms with E-state index in [0.717, 1.165) is 24.8 Å². The van der Waals surface area contributed by atoms with Crippen molar-refractivity contribution in [2.45, 2.75) is 122 Å². The Labute approximate surface area is 221 Å². The fraction of sp³-hybridized carbons (Fsp3) is 0.724. The largest absolute Gasteiger partial charge is 0.457 e. The van der Waals surface area contributed by atoms with E-state index in [1.54, 1.807) is 19.1 Å². The summed E-state index contributed by atoms with van der Waals surface area (Å²) in [6.07, 6.45) is 9.34. The molecule has 0 amide bonds. The zero-order valence-corrected chi connectivity index (χ0v) is 23.1. The molecule has 2 aliphatic heterocycles. The molecule has 1 saturated heterocycles. The van der Waals surface area contributed by atoms with Crippen LogP contribution in [0.25, 0.3) is 0 Å². The zero-order chi connectivity index (χ0) is 27.8. The van der Waals surface area contributed by atoms with Crippen molar-refractivity contribution in [3.63, 3.8) is 0 Å². The summed E-state index contributed by atoms with van der Waals surface area (Å²) >= 11 is 0. The number of esters is 2. The molecule has 2 heterocycles. The minimum absolute atomic E-state index is 0.121. The van der Waals surface area contributed by atoms with Crippen molar-refractivity contribution >= 4 is 11.9 Å². The summed E-state index contributed by atoms with van der Waals surface area (Å²) in [5, 5.41) is 31.2. The highest BCUT2D eigenvalue weighted by atomic mass is 16.6. The van der Waals surface area contributed by atoms with Gasteiger partial charge in [-0.05, 0) is 57.6 Å². The smallest absolute Gasteiger partial charge is 0.309 e. The molecule has 9 unspecified atom stereocenters. The lowest BCUT2D eigenvalue weighted by Gasteiger charge is -2.32. The third-order valence-corrected chi connectivity index (χ3v) is 7.34. The Morgan fingerprint density at radius 3 is 2.68 bits per heavy atom. The highest BCUT2D eigenvalue weighted by molar-refractivity contribution is 5.70. The van der Waals surface area contributed by atoms with Crippen molar-refractivity contribution in [3.8, 4) is 0 Å². The van der Waals surface area contributed by atoms with Crippen molar-refractivity contribution in [3.05, 3.63) is 36.0 Å². The maximum Gasteiger partial charge on any atom is 0.309 e. The van der Waals surface area contributed by atoms with E-state index in [2.05, 4.69) is 0 Å². The van der Waals surface area contributed by atoms with Gasteiger partial charge in [0, 0.05) is 18.8 Å². The van der Waals surface area contributed by atoms with E-state index in [-0.39, 0.29) is 49.4 Å². The summed E-state index contributed by atoms with van der Waals surface area (Å²) in [4.78, 5) is 24.2. The second-order valence-corrected chi connectivity index (χ2v) is 10.8. The third-order valence-electron chi connectivity index (χ3n) is 7.34. The van der Waals surface area contributed by atoms with Gasteiger partial charge in [0.15, 0.2) is 0 Å². The number of aliphatic hydroxyl groups is 3. The lowest BCUT2D eigenvalue weighted by Crippen LogP contribution is -2.42. The summed E-state index contributed by atoms with van der Waals surface area (Å²) in [6.45, 7) is 10.6. The summed E-state index contributed by atoms with van der Waals surface area (Å²) < 4.78 is 16.8. The SMILES string of the molecule is CCC(O)C(C)C1OC1CCC=CC=C(C)C1OC(=O)CC(O)CCC(C)(O)C(OC(C)=O)C=CC1C. The monoisotopic (exact) mass is 522 g/mol. The molecule has 1 fully saturated rings. The fourth-order valence-corrected chi connectivity index (χ4v) is 4.74. The fourth-order valence-electron chi connectivity index (χ4n) is 4.74. The predicted octanol–water partition coefficient (Wildman–Crippen LogP) is 3.78. The lowest BCUT2D eigenvalue weighted by molar-refractivity contribution is -0.157. The summed E-state index contributed by atoms with van der Waals surface area (Å²) in [5.74, 6) is -1.16. The number of aliphatic hydroxyl groups excluding tert-OH is 2. The van der Waals surface area contributed by atoms with Gasteiger partial charge in [0.25, 0.3) is 0 Å². The van der Waals surface area contributed by atoms with Crippen LogP contribution in [0.5, 0.6) is 0 Å². The molecule has 2 aliphatic rings. The number of carbonyl (C=O) groups is 2. The molecule has 3 N–H and O–H groups in total. The molecule has 0 radical (unpaired) electrons. The van der Waals surface area contributed by atoms with Gasteiger partial charge in [-0.25, -0.2) is 0 Å². The van der Waals surface area contributed by atoms with Gasteiger partial charge in [-0.1, -0.05) is 45.1 Å². The standard InChI is InChI=1S/C29H46O8/c1-7-23(32)20(4)28-24(36-28)12-10-8-9-11-18(2)27-19(3)13-14-25(35-21(5)30)29(6,34)16-15-22(31)17-26(33)37-27/h8-9,11,13-14,19-20,22-25,27-28,31-32,34H,7,10,12,15-17H2,1-6H3. The first-order chi connectivity index (χ1) is 17.4. The number of epoxide rings is 1. The molecule has 0 aromatic carbocycles. The van der Waals surface area contributed by atoms with Crippen LogP contribution in [0.1, 0.15) is 80.1 Å². The van der Waals surface area contributed by atoms with Crippen molar-refractivity contribution in [1.82, 2.24) is 0 Å². The van der Waals surface area contributed by atoms with Crippen LogP contribution < -0.4 is 0 Å². The van der Waals surface area contributed by atoms with E-state index in [1.165, 1.54) is 6.92 Å². The van der Waals surface area contributed by atoms with Gasteiger partial charge >= 0.3 is 11.9 Å². The Kier molecular flexibility index (Phi) is 12.0. The topological polar surface area (TPSA) is 126 Å². The summed E-state index contributed by atoms with van der Waals surface area (Å²) in [7, 11) is 0. The Morgan fingerprint density at radius 1 is 1.32 bits per heavy atom. The van der Waals surface area contributed by atoms with Gasteiger partial charge in [-0.3, -0.25) is 9.59 Å². The molecule has 0 bridgehead atoms. The quantitative estimate of drug-likeness (QED) is 0.181. The number of rotatable bonds is 9. The molecule has 0 saturated carbocycles. The van der Waals surface area contributed by atoms with Gasteiger partial charge in [0.05, 0.1) is 30.8 Å². The van der Waals surface area contributed by atoms with Gasteiger partial charge < -0.3 is 29.5 Å². The second kappa shape index (κ2) is 14.2. The maximum atomic E-state index is 12.5. The van der Waals surface area contributed by atoms with E-state index in [9.17, 15) is 24.9 Å². The van der Waals surface area contributed by atoms with E-state index in [1.807, 2.05) is 45.9 Å². The molecule has 8 nitrogen and oxygen atoms in total. The third kappa shape index (κ3) is 10.0. The molecule has 210 valence electrons. The number of ether oxygens (including phenoxy) is 3. The van der Waals surface area contributed by atoms with E-state index >= 15 is 0 Å². The minimum Gasteiger partial charge on any atom is -0.457 e. The molecule has 2 rings (SSSR count). The van der Waals surface area contributed by atoms with Crippen LogP contribution >= 0.6 is 0 Å². The van der Waals surface area contributed by atoms with Crippen LogP contribution in [0, 0.1) is 11.8 Å². The Hall–Kier alpha value is -2.00. The molecule has 9 atom stereocenters. The Balaban J connectivity index is 2.07. The van der Waals surface area contributed by atoms with Crippen LogP contribution in [0.15, 0.2) is 36.0 Å². The van der Waals surface area contributed by atoms with Crippen molar-refractivity contribution in [2.24, 2.45) is 11.8 Å². The Morgan fingerprint density at radius 2 is 2.03 bits per heavy atom. The second-order valence-electron chi connectivity index (χ2n) is 10.8. The van der Waals surface area contributed by atoms with E-state index in [0.29, 0.717) is 0 Å². The average Bonchev–Trinajstić information content (AvgIpc) is 3.61. The molecule has 8 heteroatoms. The van der Waals surface area contributed by atoms with Crippen LogP contribution in [-0.2, 0) is 23.8 Å². The molecule has 0 aromatic rings. The molecular formula is C29H46O8. The number of carbonyl (C=O) groups excluding carboxylic acids is 2. The number of hydrogen-bond donors (Lipinski definition) is 3. The van der Waals surface area contributed by atoms with Crippen LogP contribution in [0.3, 0.4) is 0 Å². The van der Waals surface area contributed by atoms with Crippen molar-refractivity contribution in [1.29, 1.82) is 0 Å². The first-order valence-electron chi connectivity index (χ1n) is 13.5. The van der Waals surface area contributed by atoms with E-state index in [4.69, 9.17) is 14.2 Å². The average molecular weight is 523 g/mol. The lowest BCUT2D eigenvalue weighted by atomic mass is 9.88. The number of hydrogen-bond acceptors (Lipinski definition) is 8. The molecule has 0 aliphatic carbocycles. The molecule has 0 spiro atoms. The zero-order valence-electron chi connectivity index (χ0n) is 23.1. The van der Waals surface area contributed by atoms with Crippen LogP contribution in [0.4, 0.5) is 0 Å². The molecular weight excluding hydrogens is 476 g/mol. The molecule has 37 heavy (non-hydrogen) atoms. The number of cyclic esters (lactones) is 1. The molecule has 0 aromatic heterocycles. The summed E-state index contributed by atoms with van der Waals surface area (Å²) in [6, 6.07) is 0. The highest BCUT2D eigenvalue weighted by Crippen LogP contribution is 2.35. The Bertz CT molecular complexity index is 845. The normalized spacial score (nSPS) is 35.3. The van der Waals surface area contributed by atoms with Gasteiger partial charge in [0.2, 0.25) is 0 Å².